The van der Waals surface area contributed by atoms with Crippen LogP contribution >= 0.6 is 11.6 Å². The summed E-state index contributed by atoms with van der Waals surface area (Å²) in [7, 11) is 0. The van der Waals surface area contributed by atoms with Crippen molar-refractivity contribution in [2.24, 2.45) is 0 Å². The van der Waals surface area contributed by atoms with Gasteiger partial charge in [-0.1, -0.05) is 35.0 Å². The second kappa shape index (κ2) is 9.47. The third kappa shape index (κ3) is 5.00. The number of benzene rings is 1. The number of carbonyl (C=O) groups excluding carboxylic acids is 1. The van der Waals surface area contributed by atoms with Crippen molar-refractivity contribution in [3.05, 3.63) is 88.6 Å². The van der Waals surface area contributed by atoms with E-state index < -0.39 is 0 Å². The van der Waals surface area contributed by atoms with Gasteiger partial charge >= 0.3 is 0 Å². The average Bonchev–Trinajstić information content (AvgIpc) is 3.41. The van der Waals surface area contributed by atoms with Gasteiger partial charge in [0.05, 0.1) is 12.0 Å². The molecule has 2 aromatic heterocycles. The smallest absolute Gasteiger partial charge is 0.277 e. The van der Waals surface area contributed by atoms with Crippen molar-refractivity contribution in [2.75, 3.05) is 0 Å². The summed E-state index contributed by atoms with van der Waals surface area (Å²) in [5, 5.41) is 7.48. The molecule has 7 nitrogen and oxygen atoms in total. The predicted octanol–water partition coefficient (Wildman–Crippen LogP) is 4.56. The van der Waals surface area contributed by atoms with Crippen LogP contribution < -0.4 is 16.2 Å². The van der Waals surface area contributed by atoms with Gasteiger partial charge in [-0.3, -0.25) is 4.79 Å². The summed E-state index contributed by atoms with van der Waals surface area (Å²) in [4.78, 5) is 12.7. The van der Waals surface area contributed by atoms with E-state index in [2.05, 4.69) is 21.3 Å². The molecule has 30 heavy (non-hydrogen) atoms. The molecule has 1 amide bonds. The van der Waals surface area contributed by atoms with E-state index in [4.69, 9.17) is 20.5 Å². The molecule has 0 aliphatic heterocycles. The monoisotopic (exact) mass is 424 g/mol. The lowest BCUT2D eigenvalue weighted by Crippen LogP contribution is -2.34. The summed E-state index contributed by atoms with van der Waals surface area (Å²) >= 11 is 5.93. The Hall–Kier alpha value is -3.29. The largest absolute Gasteiger partial charge is 0.461 e. The topological polar surface area (TPSA) is 92.3 Å². The zero-order valence-corrected chi connectivity index (χ0v) is 16.9. The fraction of sp³-hybridized carbons (Fsp3) is 0.182. The summed E-state index contributed by atoms with van der Waals surface area (Å²) in [6, 6.07) is 12.7. The second-order valence-electron chi connectivity index (χ2n) is 6.80. The van der Waals surface area contributed by atoms with Gasteiger partial charge in [0.25, 0.3) is 5.91 Å². The molecule has 0 unspecified atom stereocenters. The molecule has 0 fully saturated rings. The Morgan fingerprint density at radius 3 is 2.83 bits per heavy atom. The number of furan rings is 1. The SMILES string of the molecule is O=C(NC1=C(NNCc2ccc(Cl)cc2)CCCC=C1)c1cc(-c2ccco2)on1. The second-order valence-corrected chi connectivity index (χ2v) is 7.24. The number of aromatic nitrogens is 1. The lowest BCUT2D eigenvalue weighted by molar-refractivity contribution is 0.0957. The minimum atomic E-state index is -0.352. The molecule has 1 aliphatic carbocycles. The van der Waals surface area contributed by atoms with Crippen LogP contribution in [0.3, 0.4) is 0 Å². The van der Waals surface area contributed by atoms with Crippen LogP contribution in [0.5, 0.6) is 0 Å². The molecule has 0 bridgehead atoms. The van der Waals surface area contributed by atoms with Crippen molar-refractivity contribution >= 4 is 17.5 Å². The standard InChI is InChI=1S/C22H21ClN4O3/c23-16-10-8-15(9-11-16)14-24-26-18-6-3-1-2-5-17(18)25-22(28)19-13-21(30-27-19)20-7-4-12-29-20/h2,4-5,7-13,24,26H,1,3,6,14H2,(H,25,28). The molecule has 0 spiro atoms. The molecule has 0 atom stereocenters. The van der Waals surface area contributed by atoms with Gasteiger partial charge in [0.1, 0.15) is 0 Å². The molecule has 0 saturated heterocycles. The zero-order chi connectivity index (χ0) is 20.8. The van der Waals surface area contributed by atoms with E-state index >= 15 is 0 Å². The third-order valence-corrected chi connectivity index (χ3v) is 4.86. The first kappa shape index (κ1) is 20.0. The number of hydrogen-bond acceptors (Lipinski definition) is 6. The van der Waals surface area contributed by atoms with E-state index in [1.165, 1.54) is 6.26 Å². The maximum Gasteiger partial charge on any atom is 0.277 e. The molecule has 0 radical (unpaired) electrons. The predicted molar refractivity (Wildman–Crippen MR) is 113 cm³/mol. The van der Waals surface area contributed by atoms with Crippen LogP contribution in [-0.2, 0) is 6.54 Å². The van der Waals surface area contributed by atoms with Crippen LogP contribution in [0.15, 0.2) is 81.2 Å². The van der Waals surface area contributed by atoms with Gasteiger partial charge in [-0.15, -0.1) is 0 Å². The lowest BCUT2D eigenvalue weighted by Gasteiger charge is -2.15. The first-order valence-corrected chi connectivity index (χ1v) is 10.0. The Bertz CT molecular complexity index is 1050. The van der Waals surface area contributed by atoms with Crippen molar-refractivity contribution in [3.63, 3.8) is 0 Å². The molecule has 1 aromatic carbocycles. The number of hydrogen-bond donors (Lipinski definition) is 3. The van der Waals surface area contributed by atoms with Crippen molar-refractivity contribution in [2.45, 2.75) is 25.8 Å². The number of nitrogens with zero attached hydrogens (tertiary/aromatic N) is 1. The highest BCUT2D eigenvalue weighted by atomic mass is 35.5. The fourth-order valence-corrected chi connectivity index (χ4v) is 3.16. The molecule has 3 aromatic rings. The molecule has 2 heterocycles. The van der Waals surface area contributed by atoms with Crippen LogP contribution in [0.25, 0.3) is 11.5 Å². The van der Waals surface area contributed by atoms with E-state index in [0.29, 0.717) is 28.8 Å². The van der Waals surface area contributed by atoms with Crippen LogP contribution in [0.1, 0.15) is 35.3 Å². The van der Waals surface area contributed by atoms with Crippen LogP contribution in [0.2, 0.25) is 5.02 Å². The minimum Gasteiger partial charge on any atom is -0.461 e. The van der Waals surface area contributed by atoms with E-state index in [9.17, 15) is 4.79 Å². The highest BCUT2D eigenvalue weighted by Gasteiger charge is 2.17. The average molecular weight is 425 g/mol. The van der Waals surface area contributed by atoms with Crippen molar-refractivity contribution in [1.29, 1.82) is 0 Å². The first-order valence-electron chi connectivity index (χ1n) is 9.64. The Balaban J connectivity index is 1.42. The number of allylic oxidation sites excluding steroid dienone is 3. The van der Waals surface area contributed by atoms with Crippen molar-refractivity contribution in [3.8, 4) is 11.5 Å². The number of hydrazine groups is 1. The van der Waals surface area contributed by atoms with Gasteiger partial charge in [-0.2, -0.15) is 0 Å². The number of rotatable bonds is 7. The summed E-state index contributed by atoms with van der Waals surface area (Å²) in [6.07, 6.45) is 8.20. The molecule has 3 N–H and O–H groups in total. The molecule has 154 valence electrons. The van der Waals surface area contributed by atoms with Crippen molar-refractivity contribution < 1.29 is 13.7 Å². The van der Waals surface area contributed by atoms with E-state index in [-0.39, 0.29) is 11.6 Å². The highest BCUT2D eigenvalue weighted by Crippen LogP contribution is 2.21. The zero-order valence-electron chi connectivity index (χ0n) is 16.2. The van der Waals surface area contributed by atoms with Crippen molar-refractivity contribution in [1.82, 2.24) is 21.3 Å². The molecule has 0 saturated carbocycles. The quantitative estimate of drug-likeness (QED) is 0.481. The van der Waals surface area contributed by atoms with Crippen LogP contribution in [0, 0.1) is 0 Å². The van der Waals surface area contributed by atoms with Gasteiger partial charge < -0.3 is 19.7 Å². The normalized spacial score (nSPS) is 13.9. The maximum absolute atomic E-state index is 12.7. The molecule has 8 heteroatoms. The van der Waals surface area contributed by atoms with Gasteiger partial charge in [-0.25, -0.2) is 5.43 Å². The van der Waals surface area contributed by atoms with E-state index in [1.807, 2.05) is 36.4 Å². The third-order valence-electron chi connectivity index (χ3n) is 4.61. The summed E-state index contributed by atoms with van der Waals surface area (Å²) in [6.45, 7) is 0.613. The highest BCUT2D eigenvalue weighted by molar-refractivity contribution is 6.30. The summed E-state index contributed by atoms with van der Waals surface area (Å²) in [5.41, 5.74) is 9.31. The van der Waals surface area contributed by atoms with E-state index in [0.717, 1.165) is 30.5 Å². The first-order chi connectivity index (χ1) is 14.7. The number of amides is 1. The Labute approximate surface area is 178 Å². The lowest BCUT2D eigenvalue weighted by atomic mass is 10.2. The molecular weight excluding hydrogens is 404 g/mol. The molecular formula is C22H21ClN4O3. The van der Waals surface area contributed by atoms with Gasteiger partial charge in [0.2, 0.25) is 5.76 Å². The minimum absolute atomic E-state index is 0.181. The fourth-order valence-electron chi connectivity index (χ4n) is 3.04. The number of halogens is 1. The summed E-state index contributed by atoms with van der Waals surface area (Å²) in [5.74, 6) is 0.567. The Kier molecular flexibility index (Phi) is 6.32. The summed E-state index contributed by atoms with van der Waals surface area (Å²) < 4.78 is 10.5. The number of carbonyl (C=O) groups is 1. The van der Waals surface area contributed by atoms with Crippen LogP contribution in [-0.4, -0.2) is 11.1 Å². The van der Waals surface area contributed by atoms with Crippen LogP contribution in [0.4, 0.5) is 0 Å². The van der Waals surface area contributed by atoms with Gasteiger partial charge in [0.15, 0.2) is 11.5 Å². The molecule has 1 aliphatic rings. The number of nitrogens with one attached hydrogen (secondary N) is 3. The molecule has 4 rings (SSSR count). The van der Waals surface area contributed by atoms with E-state index in [1.54, 1.807) is 18.2 Å². The maximum atomic E-state index is 12.7. The van der Waals surface area contributed by atoms with Gasteiger partial charge in [0, 0.05) is 23.3 Å². The Morgan fingerprint density at radius 2 is 2.03 bits per heavy atom. The van der Waals surface area contributed by atoms with Gasteiger partial charge in [-0.05, 0) is 55.2 Å². The Morgan fingerprint density at radius 1 is 1.17 bits per heavy atom.